The van der Waals surface area contributed by atoms with Crippen LogP contribution in [0.3, 0.4) is 0 Å². The number of aliphatic hydroxyl groups excluding tert-OH is 1. The van der Waals surface area contributed by atoms with Crippen molar-refractivity contribution in [2.24, 2.45) is 11.8 Å². The topological polar surface area (TPSA) is 160 Å². The lowest BCUT2D eigenvalue weighted by molar-refractivity contribution is -0.159. The predicted octanol–water partition coefficient (Wildman–Crippen LogP) is 5.55. The Morgan fingerprint density at radius 1 is 1.19 bits per heavy atom. The Morgan fingerprint density at radius 2 is 1.92 bits per heavy atom. The number of alkyl halides is 4. The number of ether oxygens (including phenoxy) is 2. The van der Waals surface area contributed by atoms with Crippen LogP contribution in [0.5, 0.6) is 0 Å². The van der Waals surface area contributed by atoms with Crippen LogP contribution in [0.1, 0.15) is 62.0 Å². The number of fused-ring (bicyclic) bond motifs is 3. The van der Waals surface area contributed by atoms with E-state index >= 15 is 0 Å². The number of benzene rings is 1. The van der Waals surface area contributed by atoms with Crippen LogP contribution < -0.4 is 10.6 Å². The third-order valence-electron chi connectivity index (χ3n) is 8.50. The van der Waals surface area contributed by atoms with E-state index in [0.29, 0.717) is 12.0 Å². The quantitative estimate of drug-likeness (QED) is 0.270. The van der Waals surface area contributed by atoms with Crippen molar-refractivity contribution in [1.82, 2.24) is 15.2 Å². The number of amides is 3. The van der Waals surface area contributed by atoms with Gasteiger partial charge in [-0.3, -0.25) is 14.9 Å². The molecule has 1 saturated heterocycles. The number of hydrogen-bond acceptors (Lipinski definition) is 9. The number of rotatable bonds is 4. The standard InChI is InChI=1S/C36H42F4N4O8/c1-21-6-4-14-41-30(46)13-8-22(2)32(23(3)19-51-35(49)42-26-11-9-24(10-12-26)36(38,39)40)52-34(48)29-7-5-15-44(29)33(47)28-20-50-31(43-28)18-25(37)17-27(45)16-21/h4,6,8-13,16,20,22-23,25,27,29,32,45H,5,7,14-15,17-19H2,1-3H3,(H,41,46)(H,42,49)/b6-4+,13-8+,21-16+/t22-,23-,25-,27-,29-,32+/m1/s1. The monoisotopic (exact) mass is 734 g/mol. The van der Waals surface area contributed by atoms with Crippen molar-refractivity contribution in [3.63, 3.8) is 0 Å². The van der Waals surface area contributed by atoms with Crippen molar-refractivity contribution >= 4 is 29.6 Å². The lowest BCUT2D eigenvalue weighted by Gasteiger charge is -2.30. The van der Waals surface area contributed by atoms with Crippen molar-refractivity contribution in [2.45, 2.75) is 77.1 Å². The zero-order valence-corrected chi connectivity index (χ0v) is 28.9. The fourth-order valence-electron chi connectivity index (χ4n) is 5.83. The summed E-state index contributed by atoms with van der Waals surface area (Å²) in [7, 11) is 0. The molecule has 0 unspecified atom stereocenters. The van der Waals surface area contributed by atoms with Gasteiger partial charge in [-0.05, 0) is 50.1 Å². The maximum absolute atomic E-state index is 14.8. The second kappa shape index (κ2) is 18.0. The highest BCUT2D eigenvalue weighted by atomic mass is 19.4. The van der Waals surface area contributed by atoms with Gasteiger partial charge in [-0.25, -0.2) is 19.0 Å². The fourth-order valence-corrected chi connectivity index (χ4v) is 5.83. The average molecular weight is 735 g/mol. The number of carbonyl (C=O) groups is 4. The van der Waals surface area contributed by atoms with Crippen LogP contribution in [0, 0.1) is 11.8 Å². The third-order valence-corrected chi connectivity index (χ3v) is 8.50. The van der Waals surface area contributed by atoms with Gasteiger partial charge in [-0.1, -0.05) is 43.7 Å². The Bertz CT molecular complexity index is 1660. The summed E-state index contributed by atoms with van der Waals surface area (Å²) in [5.41, 5.74) is -0.309. The van der Waals surface area contributed by atoms with Crippen LogP contribution in [-0.4, -0.2) is 83.0 Å². The summed E-state index contributed by atoms with van der Waals surface area (Å²) < 4.78 is 70.1. The molecule has 0 spiro atoms. The van der Waals surface area contributed by atoms with Gasteiger partial charge in [0.05, 0.1) is 24.7 Å². The lowest BCUT2D eigenvalue weighted by atomic mass is 9.93. The van der Waals surface area contributed by atoms with E-state index in [9.17, 15) is 41.8 Å². The highest BCUT2D eigenvalue weighted by Crippen LogP contribution is 2.30. The molecule has 4 rings (SSSR count). The molecule has 3 heterocycles. The summed E-state index contributed by atoms with van der Waals surface area (Å²) in [4.78, 5) is 57.6. The Labute approximate surface area is 297 Å². The minimum Gasteiger partial charge on any atom is -0.460 e. The largest absolute Gasteiger partial charge is 0.460 e. The number of aromatic nitrogens is 1. The maximum Gasteiger partial charge on any atom is 0.416 e. The maximum atomic E-state index is 14.8. The molecule has 2 aliphatic rings. The minimum atomic E-state index is -4.54. The van der Waals surface area contributed by atoms with Gasteiger partial charge in [-0.2, -0.15) is 13.2 Å². The number of aliphatic hydroxyl groups is 1. The number of hydrogen-bond donors (Lipinski definition) is 3. The SMILES string of the molecule is CC1=C\[C@@H](O)C[C@@H](F)Cc2nc(co2)C(=O)N2CCC[C@@H]2C(=O)O[C@H]([C@H](C)COC(=O)Nc2ccc(C(F)(F)F)cc2)[C@H](C)/C=C/C(=O)NC\C=C\1. The number of cyclic esters (lactones) is 1. The van der Waals surface area contributed by atoms with Crippen molar-refractivity contribution < 1.29 is 55.7 Å². The Hall–Kier alpha value is -4.99. The van der Waals surface area contributed by atoms with Crippen LogP contribution >= 0.6 is 0 Å². The first kappa shape index (κ1) is 39.8. The van der Waals surface area contributed by atoms with E-state index in [4.69, 9.17) is 13.9 Å². The van der Waals surface area contributed by atoms with Gasteiger partial charge in [-0.15, -0.1) is 0 Å². The third kappa shape index (κ3) is 11.5. The van der Waals surface area contributed by atoms with Gasteiger partial charge in [0, 0.05) is 37.0 Å². The molecule has 0 aliphatic carbocycles. The molecule has 3 amide bonds. The molecular weight excluding hydrogens is 692 g/mol. The van der Waals surface area contributed by atoms with Gasteiger partial charge in [0.15, 0.2) is 11.6 Å². The number of halogens is 4. The van der Waals surface area contributed by atoms with Crippen molar-refractivity contribution in [3.8, 4) is 0 Å². The van der Waals surface area contributed by atoms with Crippen LogP contribution in [0.25, 0.3) is 0 Å². The minimum absolute atomic E-state index is 0.0482. The molecule has 2 aromatic rings. The van der Waals surface area contributed by atoms with E-state index in [1.54, 1.807) is 32.9 Å². The van der Waals surface area contributed by atoms with E-state index < -0.39 is 71.9 Å². The Morgan fingerprint density at radius 3 is 2.63 bits per heavy atom. The molecule has 2 aliphatic heterocycles. The van der Waals surface area contributed by atoms with Crippen LogP contribution in [0.15, 0.2) is 70.9 Å². The van der Waals surface area contributed by atoms with Gasteiger partial charge in [0.2, 0.25) is 5.91 Å². The second-order valence-corrected chi connectivity index (χ2v) is 12.8. The number of nitrogens with one attached hydrogen (secondary N) is 2. The molecule has 3 N–H and O–H groups in total. The van der Waals surface area contributed by atoms with E-state index in [1.165, 1.54) is 23.1 Å². The number of oxazole rings is 1. The molecule has 0 saturated carbocycles. The summed E-state index contributed by atoms with van der Waals surface area (Å²) in [5.74, 6) is -3.13. The van der Waals surface area contributed by atoms with E-state index in [0.717, 1.165) is 30.5 Å². The zero-order valence-electron chi connectivity index (χ0n) is 28.9. The van der Waals surface area contributed by atoms with Gasteiger partial charge in [0.1, 0.15) is 24.6 Å². The van der Waals surface area contributed by atoms with Gasteiger partial charge >= 0.3 is 18.2 Å². The molecule has 0 radical (unpaired) electrons. The molecule has 282 valence electrons. The molecule has 2 bridgehead atoms. The summed E-state index contributed by atoms with van der Waals surface area (Å²) in [6, 6.07) is 2.79. The summed E-state index contributed by atoms with van der Waals surface area (Å²) >= 11 is 0. The first-order valence-corrected chi connectivity index (χ1v) is 16.8. The van der Waals surface area contributed by atoms with E-state index in [-0.39, 0.29) is 56.2 Å². The molecule has 1 aromatic carbocycles. The van der Waals surface area contributed by atoms with E-state index in [2.05, 4.69) is 15.6 Å². The number of anilines is 1. The Balaban J connectivity index is 1.52. The number of esters is 1. The highest BCUT2D eigenvalue weighted by Gasteiger charge is 2.39. The molecule has 1 fully saturated rings. The van der Waals surface area contributed by atoms with Crippen LogP contribution in [0.4, 0.5) is 28.0 Å². The number of carbonyl (C=O) groups excluding carboxylic acids is 4. The molecule has 1 aromatic heterocycles. The highest BCUT2D eigenvalue weighted by molar-refractivity contribution is 5.95. The van der Waals surface area contributed by atoms with Crippen molar-refractivity contribution in [3.05, 3.63) is 83.6 Å². The summed E-state index contributed by atoms with van der Waals surface area (Å²) in [6.45, 7) is 5.10. The second-order valence-electron chi connectivity index (χ2n) is 12.8. The van der Waals surface area contributed by atoms with Crippen LogP contribution in [0.2, 0.25) is 0 Å². The average Bonchev–Trinajstić information content (AvgIpc) is 3.76. The normalized spacial score (nSPS) is 26.9. The summed E-state index contributed by atoms with van der Waals surface area (Å²) in [5, 5.41) is 15.4. The first-order chi connectivity index (χ1) is 24.6. The van der Waals surface area contributed by atoms with E-state index in [1.807, 2.05) is 0 Å². The number of nitrogens with zero attached hydrogens (tertiary/aromatic N) is 2. The molecule has 12 nitrogen and oxygen atoms in total. The van der Waals surface area contributed by atoms with Crippen LogP contribution in [-0.2, 0) is 31.7 Å². The molecule has 52 heavy (non-hydrogen) atoms. The Kier molecular flexibility index (Phi) is 13.8. The lowest BCUT2D eigenvalue weighted by Crippen LogP contribution is -2.44. The predicted molar refractivity (Wildman–Crippen MR) is 179 cm³/mol. The molecule has 6 atom stereocenters. The van der Waals surface area contributed by atoms with Gasteiger partial charge < -0.3 is 29.2 Å². The van der Waals surface area contributed by atoms with Crippen molar-refractivity contribution in [2.75, 3.05) is 25.0 Å². The van der Waals surface area contributed by atoms with Crippen molar-refractivity contribution in [1.29, 1.82) is 0 Å². The smallest absolute Gasteiger partial charge is 0.416 e. The first-order valence-electron chi connectivity index (χ1n) is 16.8. The zero-order chi connectivity index (χ0) is 38.0. The molecule has 16 heteroatoms. The summed E-state index contributed by atoms with van der Waals surface area (Å²) in [6.07, 6.45) is -0.240. The fraction of sp³-hybridized carbons (Fsp3) is 0.472. The number of allylic oxidation sites excluding steroid dienone is 2. The molecular formula is C36H42F4N4O8. The van der Waals surface area contributed by atoms with Gasteiger partial charge in [0.25, 0.3) is 5.91 Å².